The maximum absolute atomic E-state index is 6.32. The molecule has 3 atom stereocenters. The van der Waals surface area contributed by atoms with Gasteiger partial charge in [0.25, 0.3) is 0 Å². The highest BCUT2D eigenvalue weighted by Crippen LogP contribution is 2.31. The molecule has 2 saturated carbocycles. The Morgan fingerprint density at radius 2 is 1.80 bits per heavy atom. The molecule has 0 aromatic rings. The van der Waals surface area contributed by atoms with Crippen LogP contribution in [0.1, 0.15) is 51.9 Å². The number of ether oxygens (including phenoxy) is 3. The molecule has 118 valence electrons. The lowest BCUT2D eigenvalue weighted by atomic mass is 9.84. The van der Waals surface area contributed by atoms with Crippen LogP contribution in [0.5, 0.6) is 0 Å². The van der Waals surface area contributed by atoms with Crippen LogP contribution in [0.3, 0.4) is 0 Å². The molecule has 4 heteroatoms. The zero-order chi connectivity index (χ0) is 14.2. The van der Waals surface area contributed by atoms with Gasteiger partial charge >= 0.3 is 0 Å². The van der Waals surface area contributed by atoms with Gasteiger partial charge < -0.3 is 19.5 Å². The average Bonchev–Trinajstić information content (AvgIpc) is 2.71. The molecule has 2 fully saturated rings. The number of hydrogen-bond donors (Lipinski definition) is 1. The van der Waals surface area contributed by atoms with Gasteiger partial charge in [0.1, 0.15) is 0 Å². The Labute approximate surface area is 123 Å². The van der Waals surface area contributed by atoms with E-state index in [0.717, 1.165) is 13.0 Å². The molecule has 0 saturated heterocycles. The summed E-state index contributed by atoms with van der Waals surface area (Å²) in [5.41, 5.74) is 0. The van der Waals surface area contributed by atoms with Crippen molar-refractivity contribution < 1.29 is 14.2 Å². The molecule has 20 heavy (non-hydrogen) atoms. The first-order valence-electron chi connectivity index (χ1n) is 8.34. The highest BCUT2D eigenvalue weighted by atomic mass is 16.6. The second-order valence-corrected chi connectivity index (χ2v) is 6.02. The van der Waals surface area contributed by atoms with E-state index in [9.17, 15) is 0 Å². The van der Waals surface area contributed by atoms with Crippen molar-refractivity contribution in [1.82, 2.24) is 5.32 Å². The Hall–Kier alpha value is -0.160. The zero-order valence-corrected chi connectivity index (χ0v) is 13.1. The summed E-state index contributed by atoms with van der Waals surface area (Å²) in [6, 6.07) is 0.452. The quantitative estimate of drug-likeness (QED) is 0.549. The Morgan fingerprint density at radius 1 is 1.05 bits per heavy atom. The van der Waals surface area contributed by atoms with E-state index in [-0.39, 0.29) is 12.2 Å². The largest absolute Gasteiger partial charge is 0.382 e. The predicted molar refractivity (Wildman–Crippen MR) is 80.1 cm³/mol. The molecule has 0 aromatic carbocycles. The van der Waals surface area contributed by atoms with Crippen molar-refractivity contribution in [3.8, 4) is 0 Å². The van der Waals surface area contributed by atoms with Crippen LogP contribution in [0.15, 0.2) is 0 Å². The van der Waals surface area contributed by atoms with Gasteiger partial charge in [0, 0.05) is 13.2 Å². The molecule has 0 spiro atoms. The number of hydrogen-bond acceptors (Lipinski definition) is 4. The first-order chi connectivity index (χ1) is 9.85. The molecule has 0 aliphatic heterocycles. The minimum absolute atomic E-state index is 0.202. The minimum Gasteiger partial charge on any atom is -0.382 e. The maximum atomic E-state index is 6.32. The molecular weight excluding hydrogens is 254 g/mol. The lowest BCUT2D eigenvalue weighted by Crippen LogP contribution is -2.61. The van der Waals surface area contributed by atoms with E-state index < -0.39 is 0 Å². The summed E-state index contributed by atoms with van der Waals surface area (Å²) >= 11 is 0. The van der Waals surface area contributed by atoms with Gasteiger partial charge in [0.15, 0.2) is 0 Å². The number of likely N-dealkylation sites (N-methyl/N-ethyl adjacent to an activating group) is 1. The summed E-state index contributed by atoms with van der Waals surface area (Å²) in [7, 11) is 1.71. The highest BCUT2D eigenvalue weighted by Gasteiger charge is 2.43. The first kappa shape index (κ1) is 16.2. The van der Waals surface area contributed by atoms with Crippen molar-refractivity contribution in [2.75, 3.05) is 26.9 Å². The second kappa shape index (κ2) is 8.98. The molecule has 2 aliphatic rings. The van der Waals surface area contributed by atoms with Crippen molar-refractivity contribution in [1.29, 1.82) is 0 Å². The van der Waals surface area contributed by atoms with Gasteiger partial charge in [0.2, 0.25) is 0 Å². The zero-order valence-electron chi connectivity index (χ0n) is 13.1. The van der Waals surface area contributed by atoms with Gasteiger partial charge in [-0.05, 0) is 25.8 Å². The van der Waals surface area contributed by atoms with E-state index in [4.69, 9.17) is 14.2 Å². The third-order valence-corrected chi connectivity index (χ3v) is 4.48. The molecule has 1 N–H and O–H groups in total. The summed E-state index contributed by atoms with van der Waals surface area (Å²) in [5.74, 6) is 0. The van der Waals surface area contributed by atoms with E-state index in [2.05, 4.69) is 12.2 Å². The van der Waals surface area contributed by atoms with E-state index in [1.165, 1.54) is 38.5 Å². The second-order valence-electron chi connectivity index (χ2n) is 6.02. The molecule has 0 bridgehead atoms. The van der Waals surface area contributed by atoms with Gasteiger partial charge in [-0.2, -0.15) is 0 Å². The van der Waals surface area contributed by atoms with Crippen LogP contribution in [-0.2, 0) is 14.2 Å². The van der Waals surface area contributed by atoms with Crippen LogP contribution in [0, 0.1) is 0 Å². The third-order valence-electron chi connectivity index (χ3n) is 4.48. The molecule has 3 unspecified atom stereocenters. The first-order valence-corrected chi connectivity index (χ1v) is 8.34. The lowest BCUT2D eigenvalue weighted by Gasteiger charge is -2.45. The third kappa shape index (κ3) is 4.69. The van der Waals surface area contributed by atoms with Gasteiger partial charge in [0.05, 0.1) is 31.5 Å². The van der Waals surface area contributed by atoms with E-state index in [0.29, 0.717) is 25.4 Å². The van der Waals surface area contributed by atoms with Crippen molar-refractivity contribution in [2.24, 2.45) is 0 Å². The van der Waals surface area contributed by atoms with Gasteiger partial charge in [-0.1, -0.05) is 32.6 Å². The van der Waals surface area contributed by atoms with Crippen molar-refractivity contribution >= 4 is 0 Å². The fourth-order valence-corrected chi connectivity index (χ4v) is 3.29. The smallest absolute Gasteiger partial charge is 0.0991 e. The standard InChI is InChI=1S/C16H31NO3/c1-3-17-14-12-15(16(14)19-11-10-18-2)20-13-8-6-4-5-7-9-13/h13-17H,3-12H2,1-2H3. The number of rotatable bonds is 8. The molecule has 0 amide bonds. The highest BCUT2D eigenvalue weighted by molar-refractivity contribution is 4.97. The molecule has 0 aromatic heterocycles. The topological polar surface area (TPSA) is 39.7 Å². The predicted octanol–water partition coefficient (Wildman–Crippen LogP) is 2.51. The van der Waals surface area contributed by atoms with Gasteiger partial charge in [-0.15, -0.1) is 0 Å². The number of methoxy groups -OCH3 is 1. The summed E-state index contributed by atoms with van der Waals surface area (Å²) in [4.78, 5) is 0. The van der Waals surface area contributed by atoms with Crippen LogP contribution in [-0.4, -0.2) is 51.2 Å². The Kier molecular flexibility index (Phi) is 7.28. The normalized spacial score (nSPS) is 31.8. The summed E-state index contributed by atoms with van der Waals surface area (Å²) in [5, 5.41) is 3.49. The molecule has 2 aliphatic carbocycles. The van der Waals surface area contributed by atoms with Crippen molar-refractivity contribution in [3.63, 3.8) is 0 Å². The van der Waals surface area contributed by atoms with E-state index in [1.807, 2.05) is 0 Å². The monoisotopic (exact) mass is 285 g/mol. The SMILES string of the molecule is CCNC1CC(OC2CCCCCC2)C1OCCOC. The van der Waals surface area contributed by atoms with Crippen LogP contribution in [0.25, 0.3) is 0 Å². The van der Waals surface area contributed by atoms with E-state index in [1.54, 1.807) is 7.11 Å². The Bertz CT molecular complexity index is 254. The Morgan fingerprint density at radius 3 is 2.45 bits per heavy atom. The van der Waals surface area contributed by atoms with E-state index >= 15 is 0 Å². The van der Waals surface area contributed by atoms with Gasteiger partial charge in [-0.3, -0.25) is 0 Å². The average molecular weight is 285 g/mol. The van der Waals surface area contributed by atoms with Crippen LogP contribution in [0.4, 0.5) is 0 Å². The fraction of sp³-hybridized carbons (Fsp3) is 1.00. The van der Waals surface area contributed by atoms with Crippen molar-refractivity contribution in [2.45, 2.75) is 76.2 Å². The van der Waals surface area contributed by atoms with Crippen LogP contribution >= 0.6 is 0 Å². The van der Waals surface area contributed by atoms with Gasteiger partial charge in [-0.25, -0.2) is 0 Å². The van der Waals surface area contributed by atoms with Crippen LogP contribution < -0.4 is 5.32 Å². The summed E-state index contributed by atoms with van der Waals surface area (Å²) in [6.45, 7) is 4.45. The fourth-order valence-electron chi connectivity index (χ4n) is 3.29. The molecule has 0 heterocycles. The number of nitrogens with one attached hydrogen (secondary N) is 1. The van der Waals surface area contributed by atoms with Crippen LogP contribution in [0.2, 0.25) is 0 Å². The summed E-state index contributed by atoms with van der Waals surface area (Å²) in [6.07, 6.45) is 9.87. The maximum Gasteiger partial charge on any atom is 0.0991 e. The lowest BCUT2D eigenvalue weighted by molar-refractivity contribution is -0.173. The molecule has 0 radical (unpaired) electrons. The minimum atomic E-state index is 0.202. The molecule has 4 nitrogen and oxygen atoms in total. The van der Waals surface area contributed by atoms with Crippen molar-refractivity contribution in [3.05, 3.63) is 0 Å². The molecule has 2 rings (SSSR count). The Balaban J connectivity index is 1.76. The molecular formula is C16H31NO3. The summed E-state index contributed by atoms with van der Waals surface area (Å²) < 4.78 is 17.3.